The molecule has 1 aromatic rings. The molecule has 1 N–H and O–H groups in total. The molecule has 0 spiro atoms. The molecule has 0 amide bonds. The SMILES string of the molecule is CCOc1cc2c(cc1CN(CC(=O)O)C(C)CC)OC(C)C2. The van der Waals surface area contributed by atoms with Gasteiger partial charge in [-0.3, -0.25) is 9.69 Å². The number of rotatable bonds is 8. The number of carboxylic acids is 1. The van der Waals surface area contributed by atoms with Crippen LogP contribution in [0, 0.1) is 0 Å². The highest BCUT2D eigenvalue weighted by Crippen LogP contribution is 2.36. The molecule has 0 fully saturated rings. The van der Waals surface area contributed by atoms with E-state index in [9.17, 15) is 9.90 Å². The summed E-state index contributed by atoms with van der Waals surface area (Å²) < 4.78 is 11.6. The van der Waals surface area contributed by atoms with Gasteiger partial charge in [0.25, 0.3) is 0 Å². The number of hydrogen-bond donors (Lipinski definition) is 1. The molecule has 1 heterocycles. The van der Waals surface area contributed by atoms with Gasteiger partial charge < -0.3 is 14.6 Å². The summed E-state index contributed by atoms with van der Waals surface area (Å²) in [5.41, 5.74) is 2.15. The second-order valence-electron chi connectivity index (χ2n) is 6.19. The summed E-state index contributed by atoms with van der Waals surface area (Å²) in [6.45, 7) is 9.28. The van der Waals surface area contributed by atoms with E-state index in [2.05, 4.69) is 20.8 Å². The van der Waals surface area contributed by atoms with Crippen LogP contribution < -0.4 is 9.47 Å². The number of aliphatic carboxylic acids is 1. The van der Waals surface area contributed by atoms with Gasteiger partial charge in [0.1, 0.15) is 17.6 Å². The maximum absolute atomic E-state index is 11.2. The van der Waals surface area contributed by atoms with E-state index >= 15 is 0 Å². The van der Waals surface area contributed by atoms with Gasteiger partial charge in [0.05, 0.1) is 13.2 Å². The Morgan fingerprint density at radius 3 is 2.83 bits per heavy atom. The summed E-state index contributed by atoms with van der Waals surface area (Å²) in [6, 6.07) is 4.25. The van der Waals surface area contributed by atoms with Gasteiger partial charge in [-0.15, -0.1) is 0 Å². The van der Waals surface area contributed by atoms with Gasteiger partial charge in [-0.25, -0.2) is 0 Å². The Balaban J connectivity index is 2.28. The number of nitrogens with zero attached hydrogens (tertiary/aromatic N) is 1. The molecule has 2 atom stereocenters. The standard InChI is InChI=1S/C18H27NO4/c1-5-12(3)19(11-18(20)21)10-15-9-17-14(7-13(4)23-17)8-16(15)22-6-2/h8-9,12-13H,5-7,10-11H2,1-4H3,(H,20,21). The lowest BCUT2D eigenvalue weighted by atomic mass is 10.1. The molecular weight excluding hydrogens is 294 g/mol. The van der Waals surface area contributed by atoms with E-state index in [1.54, 1.807) is 0 Å². The van der Waals surface area contributed by atoms with Gasteiger partial charge in [-0.05, 0) is 39.3 Å². The van der Waals surface area contributed by atoms with Gasteiger partial charge in [-0.1, -0.05) is 6.92 Å². The van der Waals surface area contributed by atoms with Gasteiger partial charge in [0, 0.05) is 30.1 Å². The first-order chi connectivity index (χ1) is 10.9. The summed E-state index contributed by atoms with van der Waals surface area (Å²) in [5.74, 6) is 0.923. The van der Waals surface area contributed by atoms with Crippen LogP contribution in [-0.2, 0) is 17.8 Å². The Hall–Kier alpha value is -1.75. The lowest BCUT2D eigenvalue weighted by Crippen LogP contribution is -2.36. The number of fused-ring (bicyclic) bond motifs is 1. The normalized spacial score (nSPS) is 17.7. The first-order valence-corrected chi connectivity index (χ1v) is 8.35. The van der Waals surface area contributed by atoms with E-state index in [1.165, 1.54) is 0 Å². The zero-order valence-corrected chi connectivity index (χ0v) is 14.5. The van der Waals surface area contributed by atoms with Crippen LogP contribution >= 0.6 is 0 Å². The molecule has 128 valence electrons. The third kappa shape index (κ3) is 4.38. The van der Waals surface area contributed by atoms with Crippen LogP contribution in [0.5, 0.6) is 11.5 Å². The van der Waals surface area contributed by atoms with Crippen LogP contribution in [0.2, 0.25) is 0 Å². The molecule has 0 radical (unpaired) electrons. The van der Waals surface area contributed by atoms with Gasteiger partial charge >= 0.3 is 5.97 Å². The van der Waals surface area contributed by atoms with Crippen molar-refractivity contribution in [2.75, 3.05) is 13.2 Å². The predicted octanol–water partition coefficient (Wildman–Crippen LogP) is 3.09. The van der Waals surface area contributed by atoms with Crippen LogP contribution in [0.25, 0.3) is 0 Å². The molecule has 0 aliphatic carbocycles. The topological polar surface area (TPSA) is 59.0 Å². The second-order valence-corrected chi connectivity index (χ2v) is 6.19. The minimum absolute atomic E-state index is 0.0227. The summed E-state index contributed by atoms with van der Waals surface area (Å²) in [5, 5.41) is 9.17. The van der Waals surface area contributed by atoms with Crippen LogP contribution in [0.15, 0.2) is 12.1 Å². The Kier molecular flexibility index (Phi) is 5.88. The van der Waals surface area contributed by atoms with E-state index < -0.39 is 5.97 Å². The molecule has 1 aliphatic rings. The van der Waals surface area contributed by atoms with Gasteiger partial charge in [-0.2, -0.15) is 0 Å². The van der Waals surface area contributed by atoms with Crippen molar-refractivity contribution in [2.45, 2.75) is 59.2 Å². The van der Waals surface area contributed by atoms with E-state index in [-0.39, 0.29) is 18.7 Å². The number of hydrogen-bond acceptors (Lipinski definition) is 4. The lowest BCUT2D eigenvalue weighted by Gasteiger charge is -2.27. The van der Waals surface area contributed by atoms with Gasteiger partial charge in [0.2, 0.25) is 0 Å². The van der Waals surface area contributed by atoms with Crippen LogP contribution in [-0.4, -0.2) is 41.3 Å². The van der Waals surface area contributed by atoms with Crippen molar-refractivity contribution in [3.8, 4) is 11.5 Å². The molecule has 0 bridgehead atoms. The zero-order chi connectivity index (χ0) is 17.0. The minimum atomic E-state index is -0.811. The predicted molar refractivity (Wildman–Crippen MR) is 89.2 cm³/mol. The van der Waals surface area contributed by atoms with Crippen molar-refractivity contribution < 1.29 is 19.4 Å². The van der Waals surface area contributed by atoms with Crippen molar-refractivity contribution in [3.63, 3.8) is 0 Å². The van der Waals surface area contributed by atoms with Crippen molar-refractivity contribution in [3.05, 3.63) is 23.3 Å². The van der Waals surface area contributed by atoms with Crippen molar-refractivity contribution in [1.29, 1.82) is 0 Å². The molecule has 0 saturated heterocycles. The smallest absolute Gasteiger partial charge is 0.317 e. The third-order valence-electron chi connectivity index (χ3n) is 4.30. The molecule has 5 heteroatoms. The van der Waals surface area contributed by atoms with E-state index in [1.807, 2.05) is 24.0 Å². The lowest BCUT2D eigenvalue weighted by molar-refractivity contribution is -0.139. The molecule has 23 heavy (non-hydrogen) atoms. The molecule has 2 rings (SSSR count). The number of benzene rings is 1. The molecular formula is C18H27NO4. The monoisotopic (exact) mass is 321 g/mol. The minimum Gasteiger partial charge on any atom is -0.494 e. The zero-order valence-electron chi connectivity index (χ0n) is 14.5. The number of carbonyl (C=O) groups is 1. The van der Waals surface area contributed by atoms with E-state index in [0.29, 0.717) is 13.2 Å². The molecule has 5 nitrogen and oxygen atoms in total. The fourth-order valence-corrected chi connectivity index (χ4v) is 2.91. The summed E-state index contributed by atoms with van der Waals surface area (Å²) >= 11 is 0. The summed E-state index contributed by atoms with van der Waals surface area (Å²) in [7, 11) is 0. The molecule has 1 aliphatic heterocycles. The fourth-order valence-electron chi connectivity index (χ4n) is 2.91. The summed E-state index contributed by atoms with van der Waals surface area (Å²) in [6.07, 6.45) is 1.97. The maximum Gasteiger partial charge on any atom is 0.317 e. The van der Waals surface area contributed by atoms with Crippen molar-refractivity contribution >= 4 is 5.97 Å². The Bertz CT molecular complexity index is 558. The maximum atomic E-state index is 11.2. The molecule has 0 saturated carbocycles. The van der Waals surface area contributed by atoms with Crippen LogP contribution in [0.3, 0.4) is 0 Å². The fraction of sp³-hybridized carbons (Fsp3) is 0.611. The van der Waals surface area contributed by atoms with Crippen LogP contribution in [0.4, 0.5) is 0 Å². The molecule has 2 unspecified atom stereocenters. The molecule has 1 aromatic carbocycles. The Morgan fingerprint density at radius 2 is 2.22 bits per heavy atom. The highest BCUT2D eigenvalue weighted by Gasteiger charge is 2.24. The van der Waals surface area contributed by atoms with Crippen LogP contribution in [0.1, 0.15) is 45.2 Å². The number of carboxylic acid groups (broad SMARTS) is 1. The van der Waals surface area contributed by atoms with Crippen molar-refractivity contribution in [2.24, 2.45) is 0 Å². The second kappa shape index (κ2) is 7.68. The van der Waals surface area contributed by atoms with Gasteiger partial charge in [0.15, 0.2) is 0 Å². The first kappa shape index (κ1) is 17.6. The first-order valence-electron chi connectivity index (χ1n) is 8.35. The largest absolute Gasteiger partial charge is 0.494 e. The van der Waals surface area contributed by atoms with E-state index in [4.69, 9.17) is 9.47 Å². The highest BCUT2D eigenvalue weighted by molar-refractivity contribution is 5.69. The quantitative estimate of drug-likeness (QED) is 0.797. The average Bonchev–Trinajstić information content (AvgIpc) is 2.84. The number of ether oxygens (including phenoxy) is 2. The molecule has 0 aromatic heterocycles. The summed E-state index contributed by atoms with van der Waals surface area (Å²) in [4.78, 5) is 13.1. The average molecular weight is 321 g/mol. The van der Waals surface area contributed by atoms with Crippen molar-refractivity contribution in [1.82, 2.24) is 4.90 Å². The Labute approximate surface area is 138 Å². The Morgan fingerprint density at radius 1 is 1.48 bits per heavy atom. The third-order valence-corrected chi connectivity index (χ3v) is 4.30. The van der Waals surface area contributed by atoms with E-state index in [0.717, 1.165) is 35.5 Å². The highest BCUT2D eigenvalue weighted by atomic mass is 16.5.